The van der Waals surface area contributed by atoms with Crippen molar-refractivity contribution in [3.63, 3.8) is 0 Å². The van der Waals surface area contributed by atoms with Crippen LogP contribution in [0.25, 0.3) is 0 Å². The van der Waals surface area contributed by atoms with E-state index in [0.29, 0.717) is 4.90 Å². The molecule has 0 amide bonds. The molecule has 0 saturated heterocycles. The van der Waals surface area contributed by atoms with Crippen LogP contribution in [0.5, 0.6) is 11.5 Å². The molecule has 23 heavy (non-hydrogen) atoms. The van der Waals surface area contributed by atoms with Gasteiger partial charge in [-0.3, -0.25) is 9.59 Å². The van der Waals surface area contributed by atoms with Gasteiger partial charge in [0.1, 0.15) is 0 Å². The highest BCUT2D eigenvalue weighted by molar-refractivity contribution is 7.85. The first-order valence-electron chi connectivity index (χ1n) is 6.87. The SMILES string of the molecule is CC(=O)Oc1cc(C)cc(S(=O)c2ccccc2)c1OC(C)=O. The number of carbonyl (C=O) groups excluding carboxylic acids is 2. The minimum Gasteiger partial charge on any atom is -0.423 e. The summed E-state index contributed by atoms with van der Waals surface area (Å²) in [5.41, 5.74) is 0.733. The molecular formula is C17H16O5S. The zero-order valence-corrected chi connectivity index (χ0v) is 13.8. The molecule has 0 aliphatic carbocycles. The van der Waals surface area contributed by atoms with E-state index in [2.05, 4.69) is 0 Å². The van der Waals surface area contributed by atoms with Gasteiger partial charge in [-0.2, -0.15) is 0 Å². The second-order valence-corrected chi connectivity index (χ2v) is 6.31. The predicted octanol–water partition coefficient (Wildman–Crippen LogP) is 3.01. The van der Waals surface area contributed by atoms with Gasteiger partial charge in [0.2, 0.25) is 0 Å². The smallest absolute Gasteiger partial charge is 0.308 e. The maximum absolute atomic E-state index is 12.8. The lowest BCUT2D eigenvalue weighted by Crippen LogP contribution is -2.10. The van der Waals surface area contributed by atoms with Crippen LogP contribution in [0, 0.1) is 6.92 Å². The molecule has 0 aromatic heterocycles. The van der Waals surface area contributed by atoms with E-state index in [-0.39, 0.29) is 16.4 Å². The molecule has 5 nitrogen and oxygen atoms in total. The Hall–Kier alpha value is -2.47. The molecule has 0 fully saturated rings. The Kier molecular flexibility index (Phi) is 5.28. The average Bonchev–Trinajstić information content (AvgIpc) is 2.49. The van der Waals surface area contributed by atoms with Crippen LogP contribution in [0.15, 0.2) is 52.3 Å². The van der Waals surface area contributed by atoms with Crippen molar-refractivity contribution in [3.8, 4) is 11.5 Å². The molecule has 6 heteroatoms. The summed E-state index contributed by atoms with van der Waals surface area (Å²) in [6.45, 7) is 4.25. The summed E-state index contributed by atoms with van der Waals surface area (Å²) in [5.74, 6) is -1.07. The van der Waals surface area contributed by atoms with Crippen molar-refractivity contribution in [1.29, 1.82) is 0 Å². The van der Waals surface area contributed by atoms with Crippen molar-refractivity contribution in [2.24, 2.45) is 0 Å². The first-order chi connectivity index (χ1) is 10.9. The van der Waals surface area contributed by atoms with Crippen LogP contribution < -0.4 is 9.47 Å². The highest BCUT2D eigenvalue weighted by Gasteiger charge is 2.21. The molecule has 2 aromatic rings. The molecule has 2 aromatic carbocycles. The molecule has 1 unspecified atom stereocenters. The minimum absolute atomic E-state index is 0.000450. The summed E-state index contributed by atoms with van der Waals surface area (Å²) in [6, 6.07) is 12.0. The topological polar surface area (TPSA) is 69.7 Å². The van der Waals surface area contributed by atoms with Crippen LogP contribution in [-0.4, -0.2) is 16.1 Å². The van der Waals surface area contributed by atoms with Gasteiger partial charge in [-0.1, -0.05) is 18.2 Å². The van der Waals surface area contributed by atoms with Crippen LogP contribution in [0.3, 0.4) is 0 Å². The number of hydrogen-bond donors (Lipinski definition) is 0. The van der Waals surface area contributed by atoms with E-state index in [9.17, 15) is 13.8 Å². The average molecular weight is 332 g/mol. The molecule has 0 radical (unpaired) electrons. The summed E-state index contributed by atoms with van der Waals surface area (Å²) < 4.78 is 23.1. The van der Waals surface area contributed by atoms with Crippen LogP contribution in [0.2, 0.25) is 0 Å². The van der Waals surface area contributed by atoms with Crippen LogP contribution in [0.4, 0.5) is 0 Å². The van der Waals surface area contributed by atoms with Gasteiger partial charge in [0.15, 0.2) is 11.5 Å². The van der Waals surface area contributed by atoms with E-state index in [1.54, 1.807) is 43.3 Å². The van der Waals surface area contributed by atoms with E-state index < -0.39 is 22.7 Å². The lowest BCUT2D eigenvalue weighted by Gasteiger charge is -2.14. The van der Waals surface area contributed by atoms with E-state index >= 15 is 0 Å². The Bertz CT molecular complexity index is 768. The summed E-state index contributed by atoms with van der Waals surface area (Å²) in [4.78, 5) is 23.5. The Balaban J connectivity index is 2.60. The first kappa shape index (κ1) is 16.9. The van der Waals surface area contributed by atoms with Crippen molar-refractivity contribution >= 4 is 22.7 Å². The second kappa shape index (κ2) is 7.19. The fourth-order valence-corrected chi connectivity index (χ4v) is 3.25. The van der Waals surface area contributed by atoms with Gasteiger partial charge in [0.25, 0.3) is 0 Å². The third-order valence-electron chi connectivity index (χ3n) is 2.82. The molecule has 0 bridgehead atoms. The molecule has 0 heterocycles. The molecule has 0 aliphatic heterocycles. The van der Waals surface area contributed by atoms with Crippen molar-refractivity contribution in [3.05, 3.63) is 48.0 Å². The molecule has 0 aliphatic rings. The Morgan fingerprint density at radius 2 is 1.57 bits per heavy atom. The third-order valence-corrected chi connectivity index (χ3v) is 4.22. The maximum Gasteiger partial charge on any atom is 0.308 e. The van der Waals surface area contributed by atoms with Gasteiger partial charge >= 0.3 is 11.9 Å². The maximum atomic E-state index is 12.8. The molecular weight excluding hydrogens is 316 g/mol. The van der Waals surface area contributed by atoms with Crippen molar-refractivity contribution in [1.82, 2.24) is 0 Å². The standard InChI is InChI=1S/C17H16O5S/c1-11-9-15(21-12(2)18)17(22-13(3)19)16(10-11)23(20)14-7-5-4-6-8-14/h4-10H,1-3H3. The monoisotopic (exact) mass is 332 g/mol. The van der Waals surface area contributed by atoms with Gasteiger partial charge in [-0.25, -0.2) is 4.21 Å². The van der Waals surface area contributed by atoms with E-state index in [1.807, 2.05) is 6.07 Å². The number of benzene rings is 2. The van der Waals surface area contributed by atoms with Crippen molar-refractivity contribution < 1.29 is 23.3 Å². The fourth-order valence-electron chi connectivity index (χ4n) is 1.99. The third kappa shape index (κ3) is 4.26. The van der Waals surface area contributed by atoms with Gasteiger partial charge in [-0.15, -0.1) is 0 Å². The second-order valence-electron chi connectivity index (χ2n) is 4.86. The first-order valence-corrected chi connectivity index (χ1v) is 8.01. The lowest BCUT2D eigenvalue weighted by molar-refractivity contribution is -0.134. The fraction of sp³-hybridized carbons (Fsp3) is 0.176. The van der Waals surface area contributed by atoms with E-state index in [1.165, 1.54) is 13.8 Å². The predicted molar refractivity (Wildman–Crippen MR) is 84.9 cm³/mol. The zero-order chi connectivity index (χ0) is 17.0. The molecule has 120 valence electrons. The summed E-state index contributed by atoms with van der Waals surface area (Å²) in [5, 5.41) is 0. The van der Waals surface area contributed by atoms with Crippen LogP contribution >= 0.6 is 0 Å². The molecule has 0 N–H and O–H groups in total. The van der Waals surface area contributed by atoms with Crippen molar-refractivity contribution in [2.45, 2.75) is 30.6 Å². The Morgan fingerprint density at radius 1 is 0.957 bits per heavy atom. The zero-order valence-electron chi connectivity index (χ0n) is 13.0. The highest BCUT2D eigenvalue weighted by atomic mass is 32.2. The van der Waals surface area contributed by atoms with Gasteiger partial charge in [0, 0.05) is 18.7 Å². The van der Waals surface area contributed by atoms with Crippen LogP contribution in [-0.2, 0) is 20.4 Å². The summed E-state index contributed by atoms with van der Waals surface area (Å²) >= 11 is 0. The van der Waals surface area contributed by atoms with E-state index in [4.69, 9.17) is 9.47 Å². The quantitative estimate of drug-likeness (QED) is 0.636. The minimum atomic E-state index is -1.58. The number of esters is 2. The number of aryl methyl sites for hydroxylation is 1. The lowest BCUT2D eigenvalue weighted by atomic mass is 10.2. The summed E-state index contributed by atoms with van der Waals surface area (Å²) in [7, 11) is -1.58. The van der Waals surface area contributed by atoms with Crippen molar-refractivity contribution in [2.75, 3.05) is 0 Å². The molecule has 0 saturated carbocycles. The number of carbonyl (C=O) groups is 2. The molecule has 1 atom stereocenters. The Morgan fingerprint density at radius 3 is 2.13 bits per heavy atom. The number of ether oxygens (including phenoxy) is 2. The molecule has 2 rings (SSSR count). The van der Waals surface area contributed by atoms with Gasteiger partial charge in [-0.05, 0) is 36.8 Å². The number of hydrogen-bond acceptors (Lipinski definition) is 5. The number of rotatable bonds is 4. The normalized spacial score (nSPS) is 11.6. The highest BCUT2D eigenvalue weighted by Crippen LogP contribution is 2.37. The van der Waals surface area contributed by atoms with Crippen LogP contribution in [0.1, 0.15) is 19.4 Å². The summed E-state index contributed by atoms with van der Waals surface area (Å²) in [6.07, 6.45) is 0. The largest absolute Gasteiger partial charge is 0.423 e. The van der Waals surface area contributed by atoms with Gasteiger partial charge in [0.05, 0.1) is 15.7 Å². The van der Waals surface area contributed by atoms with Gasteiger partial charge < -0.3 is 9.47 Å². The van der Waals surface area contributed by atoms with E-state index in [0.717, 1.165) is 5.56 Å². The molecule has 0 spiro atoms. The Labute approximate surface area is 136 Å².